The van der Waals surface area contributed by atoms with Crippen LogP contribution in [0.4, 0.5) is 0 Å². The molecular weight excluding hydrogens is 142 g/mol. The molecule has 1 unspecified atom stereocenters. The van der Waals surface area contributed by atoms with Crippen LogP contribution in [-0.2, 0) is 5.11 Å². The minimum atomic E-state index is 0.0281. The molecule has 0 aromatic rings. The monoisotopic (exact) mass is 158 g/mol. The molecular formula is C8H16NO2. The third-order valence-electron chi connectivity index (χ3n) is 2.25. The van der Waals surface area contributed by atoms with Gasteiger partial charge in [0.05, 0.1) is 6.61 Å². The molecule has 1 saturated heterocycles. The zero-order valence-electron chi connectivity index (χ0n) is 6.83. The van der Waals surface area contributed by atoms with E-state index in [0.29, 0.717) is 12.5 Å². The molecule has 1 aliphatic heterocycles. The maximum atomic E-state index is 10.2. The SMILES string of the molecule is [O]CCCN1CCC(CO)C1. The van der Waals surface area contributed by atoms with E-state index in [2.05, 4.69) is 4.90 Å². The predicted molar refractivity (Wildman–Crippen MR) is 41.8 cm³/mol. The van der Waals surface area contributed by atoms with Crippen LogP contribution in [0.1, 0.15) is 12.8 Å². The third kappa shape index (κ3) is 2.77. The summed E-state index contributed by atoms with van der Waals surface area (Å²) in [6, 6.07) is 0. The summed E-state index contributed by atoms with van der Waals surface area (Å²) in [5.41, 5.74) is 0. The van der Waals surface area contributed by atoms with Crippen LogP contribution in [0.25, 0.3) is 0 Å². The second kappa shape index (κ2) is 4.70. The lowest BCUT2D eigenvalue weighted by molar-refractivity contribution is 0.168. The van der Waals surface area contributed by atoms with E-state index in [9.17, 15) is 5.11 Å². The number of aliphatic hydroxyl groups excluding tert-OH is 1. The van der Waals surface area contributed by atoms with Crippen molar-refractivity contribution >= 4 is 0 Å². The van der Waals surface area contributed by atoms with Crippen molar-refractivity contribution in [3.8, 4) is 0 Å². The maximum absolute atomic E-state index is 10.2. The Morgan fingerprint density at radius 3 is 2.91 bits per heavy atom. The molecule has 1 aliphatic rings. The van der Waals surface area contributed by atoms with E-state index in [1.165, 1.54) is 0 Å². The van der Waals surface area contributed by atoms with Gasteiger partial charge >= 0.3 is 0 Å². The van der Waals surface area contributed by atoms with E-state index in [1.54, 1.807) is 0 Å². The second-order valence-electron chi connectivity index (χ2n) is 3.20. The van der Waals surface area contributed by atoms with E-state index in [4.69, 9.17) is 5.11 Å². The highest BCUT2D eigenvalue weighted by Crippen LogP contribution is 2.14. The molecule has 1 fully saturated rings. The Bertz CT molecular complexity index is 108. The first-order valence-electron chi connectivity index (χ1n) is 4.28. The Morgan fingerprint density at radius 1 is 1.55 bits per heavy atom. The summed E-state index contributed by atoms with van der Waals surface area (Å²) in [7, 11) is 0. The molecule has 3 heteroatoms. The zero-order valence-corrected chi connectivity index (χ0v) is 6.83. The lowest BCUT2D eigenvalue weighted by atomic mass is 10.1. The Labute approximate surface area is 67.6 Å². The lowest BCUT2D eigenvalue weighted by Crippen LogP contribution is -2.23. The third-order valence-corrected chi connectivity index (χ3v) is 2.25. The van der Waals surface area contributed by atoms with Crippen LogP contribution in [0, 0.1) is 5.92 Å². The predicted octanol–water partition coefficient (Wildman–Crippen LogP) is 0.121. The number of hydrogen-bond donors (Lipinski definition) is 1. The molecule has 0 aromatic heterocycles. The normalized spacial score (nSPS) is 26.2. The van der Waals surface area contributed by atoms with Gasteiger partial charge in [-0.3, -0.25) is 0 Å². The van der Waals surface area contributed by atoms with Gasteiger partial charge in [-0.2, -0.15) is 0 Å². The van der Waals surface area contributed by atoms with Crippen molar-refractivity contribution in [3.05, 3.63) is 0 Å². The number of hydrogen-bond acceptors (Lipinski definition) is 2. The Balaban J connectivity index is 2.09. The minimum absolute atomic E-state index is 0.0281. The molecule has 1 radical (unpaired) electrons. The average Bonchev–Trinajstić information content (AvgIpc) is 2.48. The van der Waals surface area contributed by atoms with Gasteiger partial charge in [0.25, 0.3) is 0 Å². The smallest absolute Gasteiger partial charge is 0.0834 e. The number of rotatable bonds is 4. The Morgan fingerprint density at radius 2 is 2.36 bits per heavy atom. The summed E-state index contributed by atoms with van der Waals surface area (Å²) in [5, 5.41) is 19.0. The van der Waals surface area contributed by atoms with Crippen LogP contribution in [-0.4, -0.2) is 42.9 Å². The highest BCUT2D eigenvalue weighted by molar-refractivity contribution is 4.74. The van der Waals surface area contributed by atoms with Gasteiger partial charge in [-0.25, -0.2) is 5.11 Å². The van der Waals surface area contributed by atoms with Crippen LogP contribution >= 0.6 is 0 Å². The maximum Gasteiger partial charge on any atom is 0.0834 e. The van der Waals surface area contributed by atoms with Crippen molar-refractivity contribution in [2.45, 2.75) is 12.8 Å². The average molecular weight is 158 g/mol. The largest absolute Gasteiger partial charge is 0.396 e. The van der Waals surface area contributed by atoms with Crippen molar-refractivity contribution in [2.75, 3.05) is 32.8 Å². The van der Waals surface area contributed by atoms with Crippen LogP contribution in [0.15, 0.2) is 0 Å². The summed E-state index contributed by atoms with van der Waals surface area (Å²) in [5.74, 6) is 0.460. The van der Waals surface area contributed by atoms with Crippen molar-refractivity contribution in [3.63, 3.8) is 0 Å². The summed E-state index contributed by atoms with van der Waals surface area (Å²) < 4.78 is 0. The quantitative estimate of drug-likeness (QED) is 0.631. The van der Waals surface area contributed by atoms with Gasteiger partial charge in [0, 0.05) is 19.7 Å². The topological polar surface area (TPSA) is 43.4 Å². The van der Waals surface area contributed by atoms with Crippen molar-refractivity contribution in [1.29, 1.82) is 0 Å². The summed E-state index contributed by atoms with van der Waals surface area (Å²) in [4.78, 5) is 2.26. The zero-order chi connectivity index (χ0) is 8.10. The van der Waals surface area contributed by atoms with Gasteiger partial charge in [-0.05, 0) is 25.3 Å². The molecule has 3 nitrogen and oxygen atoms in total. The molecule has 0 spiro atoms. The highest BCUT2D eigenvalue weighted by Gasteiger charge is 2.20. The fraction of sp³-hybridized carbons (Fsp3) is 1.00. The van der Waals surface area contributed by atoms with Gasteiger partial charge in [0.1, 0.15) is 0 Å². The molecule has 1 N–H and O–H groups in total. The van der Waals surface area contributed by atoms with Crippen LogP contribution in [0.3, 0.4) is 0 Å². The van der Waals surface area contributed by atoms with Crippen LogP contribution < -0.4 is 0 Å². The number of aliphatic hydroxyl groups is 1. The van der Waals surface area contributed by atoms with E-state index in [1.807, 2.05) is 0 Å². The fourth-order valence-electron chi connectivity index (χ4n) is 1.55. The summed E-state index contributed by atoms with van der Waals surface area (Å²) >= 11 is 0. The fourth-order valence-corrected chi connectivity index (χ4v) is 1.55. The molecule has 0 saturated carbocycles. The van der Waals surface area contributed by atoms with E-state index in [-0.39, 0.29) is 6.61 Å². The highest BCUT2D eigenvalue weighted by atomic mass is 16.3. The Hall–Kier alpha value is -0.120. The van der Waals surface area contributed by atoms with E-state index in [0.717, 1.165) is 32.5 Å². The lowest BCUT2D eigenvalue weighted by Gasteiger charge is -2.13. The van der Waals surface area contributed by atoms with Gasteiger partial charge < -0.3 is 10.0 Å². The van der Waals surface area contributed by atoms with Crippen molar-refractivity contribution in [1.82, 2.24) is 4.90 Å². The first-order valence-corrected chi connectivity index (χ1v) is 4.28. The molecule has 1 heterocycles. The first-order chi connectivity index (χ1) is 5.36. The van der Waals surface area contributed by atoms with Crippen molar-refractivity contribution < 1.29 is 10.2 Å². The molecule has 11 heavy (non-hydrogen) atoms. The van der Waals surface area contributed by atoms with E-state index < -0.39 is 0 Å². The first kappa shape index (κ1) is 8.97. The molecule has 0 amide bonds. The van der Waals surface area contributed by atoms with Gasteiger partial charge in [0.2, 0.25) is 0 Å². The van der Waals surface area contributed by atoms with Gasteiger partial charge in [0.15, 0.2) is 0 Å². The molecule has 1 atom stereocenters. The van der Waals surface area contributed by atoms with E-state index >= 15 is 0 Å². The second-order valence-corrected chi connectivity index (χ2v) is 3.20. The molecule has 65 valence electrons. The van der Waals surface area contributed by atoms with Crippen molar-refractivity contribution in [2.24, 2.45) is 5.92 Å². The molecule has 0 bridgehead atoms. The van der Waals surface area contributed by atoms with Crippen LogP contribution in [0.5, 0.6) is 0 Å². The summed E-state index contributed by atoms with van der Waals surface area (Å²) in [6.07, 6.45) is 1.84. The van der Waals surface area contributed by atoms with Crippen LogP contribution in [0.2, 0.25) is 0 Å². The number of likely N-dealkylation sites (tertiary alicyclic amines) is 1. The Kier molecular flexibility index (Phi) is 3.83. The van der Waals surface area contributed by atoms with Gasteiger partial charge in [-0.15, -0.1) is 0 Å². The molecule has 0 aromatic carbocycles. The molecule has 0 aliphatic carbocycles. The molecule has 1 rings (SSSR count). The van der Waals surface area contributed by atoms with Gasteiger partial charge in [-0.1, -0.05) is 0 Å². The summed E-state index contributed by atoms with van der Waals surface area (Å²) in [6.45, 7) is 3.29. The number of nitrogens with zero attached hydrogens (tertiary/aromatic N) is 1. The minimum Gasteiger partial charge on any atom is -0.396 e. The standard InChI is InChI=1S/C8H16NO2/c10-5-1-3-9-4-2-8(6-9)7-11/h8,11H,1-7H2.